The Morgan fingerprint density at radius 2 is 2.17 bits per heavy atom. The summed E-state index contributed by atoms with van der Waals surface area (Å²) in [6.45, 7) is 12.6. The molecular formula is C18H29N3O2. The number of rotatable bonds is 5. The molecular weight excluding hydrogens is 290 g/mol. The Morgan fingerprint density at radius 1 is 1.39 bits per heavy atom. The predicted octanol–water partition coefficient (Wildman–Crippen LogP) is 2.78. The first-order valence-corrected chi connectivity index (χ1v) is 8.40. The lowest BCUT2D eigenvalue weighted by molar-refractivity contribution is -0.0288. The molecule has 1 unspecified atom stereocenters. The third-order valence-electron chi connectivity index (χ3n) is 3.98. The van der Waals surface area contributed by atoms with Crippen LogP contribution in [-0.2, 0) is 4.74 Å². The number of nitrogens with one attached hydrogen (secondary N) is 2. The van der Waals surface area contributed by atoms with E-state index in [4.69, 9.17) is 4.74 Å². The summed E-state index contributed by atoms with van der Waals surface area (Å²) < 4.78 is 5.75. The van der Waals surface area contributed by atoms with Gasteiger partial charge in [0.05, 0.1) is 12.7 Å². The SMILES string of the molecule is Cc1ccc(C)c(NC(=O)NCC2CN(CC(C)C)CCO2)c1. The summed E-state index contributed by atoms with van der Waals surface area (Å²) in [6, 6.07) is 5.86. The van der Waals surface area contributed by atoms with Crippen molar-refractivity contribution in [2.45, 2.75) is 33.8 Å². The Bertz CT molecular complexity index is 531. The van der Waals surface area contributed by atoms with Gasteiger partial charge in [0.25, 0.3) is 0 Å². The second kappa shape index (κ2) is 8.31. The molecule has 1 saturated heterocycles. The number of hydrogen-bond acceptors (Lipinski definition) is 3. The molecule has 0 radical (unpaired) electrons. The Morgan fingerprint density at radius 3 is 2.91 bits per heavy atom. The molecule has 23 heavy (non-hydrogen) atoms. The highest BCUT2D eigenvalue weighted by Crippen LogP contribution is 2.16. The molecule has 1 heterocycles. The van der Waals surface area contributed by atoms with Crippen LogP contribution in [0.15, 0.2) is 18.2 Å². The maximum atomic E-state index is 12.1. The van der Waals surface area contributed by atoms with Crippen molar-refractivity contribution in [2.75, 3.05) is 38.1 Å². The van der Waals surface area contributed by atoms with Crippen LogP contribution in [0.1, 0.15) is 25.0 Å². The lowest BCUT2D eigenvalue weighted by atomic mass is 10.1. The first-order chi connectivity index (χ1) is 10.9. The summed E-state index contributed by atoms with van der Waals surface area (Å²) in [4.78, 5) is 14.5. The first-order valence-electron chi connectivity index (χ1n) is 8.40. The smallest absolute Gasteiger partial charge is 0.319 e. The molecule has 5 nitrogen and oxygen atoms in total. The van der Waals surface area contributed by atoms with Gasteiger partial charge in [-0.25, -0.2) is 4.79 Å². The second-order valence-corrected chi connectivity index (χ2v) is 6.80. The van der Waals surface area contributed by atoms with Crippen LogP contribution in [0.2, 0.25) is 0 Å². The molecule has 5 heteroatoms. The number of hydrogen-bond donors (Lipinski definition) is 2. The molecule has 128 valence electrons. The van der Waals surface area contributed by atoms with Crippen molar-refractivity contribution >= 4 is 11.7 Å². The number of amides is 2. The standard InChI is InChI=1S/C18H29N3O2/c1-13(2)11-21-7-8-23-16(12-21)10-19-18(22)20-17-9-14(3)5-6-15(17)4/h5-6,9,13,16H,7-8,10-12H2,1-4H3,(H2,19,20,22). The molecule has 2 amide bonds. The van der Waals surface area contributed by atoms with Gasteiger partial charge in [0.15, 0.2) is 0 Å². The Hall–Kier alpha value is -1.59. The lowest BCUT2D eigenvalue weighted by Gasteiger charge is -2.33. The van der Waals surface area contributed by atoms with Crippen molar-refractivity contribution in [2.24, 2.45) is 5.92 Å². The van der Waals surface area contributed by atoms with Gasteiger partial charge >= 0.3 is 6.03 Å². The van der Waals surface area contributed by atoms with E-state index < -0.39 is 0 Å². The molecule has 0 spiro atoms. The van der Waals surface area contributed by atoms with Crippen molar-refractivity contribution in [3.05, 3.63) is 29.3 Å². The quantitative estimate of drug-likeness (QED) is 0.877. The van der Waals surface area contributed by atoms with Crippen molar-refractivity contribution in [3.8, 4) is 0 Å². The number of nitrogens with zero attached hydrogens (tertiary/aromatic N) is 1. The van der Waals surface area contributed by atoms with E-state index in [1.807, 2.05) is 32.0 Å². The second-order valence-electron chi connectivity index (χ2n) is 6.80. The highest BCUT2D eigenvalue weighted by Gasteiger charge is 2.21. The zero-order valence-corrected chi connectivity index (χ0v) is 14.7. The van der Waals surface area contributed by atoms with Gasteiger partial charge in [0.1, 0.15) is 0 Å². The van der Waals surface area contributed by atoms with Gasteiger partial charge in [-0.2, -0.15) is 0 Å². The van der Waals surface area contributed by atoms with E-state index >= 15 is 0 Å². The molecule has 1 aliphatic rings. The van der Waals surface area contributed by atoms with E-state index in [9.17, 15) is 4.79 Å². The first kappa shape index (κ1) is 17.8. The lowest BCUT2D eigenvalue weighted by Crippen LogP contribution is -2.48. The monoisotopic (exact) mass is 319 g/mol. The summed E-state index contributed by atoms with van der Waals surface area (Å²) in [5.41, 5.74) is 3.04. The summed E-state index contributed by atoms with van der Waals surface area (Å²) in [6.07, 6.45) is 0.0619. The van der Waals surface area contributed by atoms with Crippen LogP contribution in [-0.4, -0.2) is 49.8 Å². The zero-order valence-electron chi connectivity index (χ0n) is 14.7. The molecule has 0 aromatic heterocycles. The minimum absolute atomic E-state index is 0.0619. The van der Waals surface area contributed by atoms with Gasteiger partial charge in [-0.05, 0) is 37.0 Å². The fraction of sp³-hybridized carbons (Fsp3) is 0.611. The summed E-state index contributed by atoms with van der Waals surface area (Å²) >= 11 is 0. The summed E-state index contributed by atoms with van der Waals surface area (Å²) in [7, 11) is 0. The van der Waals surface area contributed by atoms with Gasteiger partial charge in [-0.15, -0.1) is 0 Å². The fourth-order valence-electron chi connectivity index (χ4n) is 2.83. The number of anilines is 1. The third-order valence-corrected chi connectivity index (χ3v) is 3.98. The minimum atomic E-state index is -0.178. The molecule has 1 aromatic rings. The Kier molecular flexibility index (Phi) is 6.42. The molecule has 0 aliphatic carbocycles. The zero-order chi connectivity index (χ0) is 16.8. The van der Waals surface area contributed by atoms with Gasteiger partial charge in [-0.1, -0.05) is 26.0 Å². The maximum Gasteiger partial charge on any atom is 0.319 e. The van der Waals surface area contributed by atoms with Crippen LogP contribution in [0, 0.1) is 19.8 Å². The van der Waals surface area contributed by atoms with Crippen LogP contribution >= 0.6 is 0 Å². The molecule has 1 aromatic carbocycles. The topological polar surface area (TPSA) is 53.6 Å². The number of carbonyl (C=O) groups is 1. The van der Waals surface area contributed by atoms with Crippen LogP contribution < -0.4 is 10.6 Å². The number of benzene rings is 1. The van der Waals surface area contributed by atoms with Crippen molar-refractivity contribution in [1.82, 2.24) is 10.2 Å². The van der Waals surface area contributed by atoms with Gasteiger partial charge in [0.2, 0.25) is 0 Å². The fourth-order valence-corrected chi connectivity index (χ4v) is 2.83. The number of morpholine rings is 1. The molecule has 1 aliphatic heterocycles. The van der Waals surface area contributed by atoms with Crippen LogP contribution in [0.4, 0.5) is 10.5 Å². The molecule has 0 bridgehead atoms. The van der Waals surface area contributed by atoms with Crippen molar-refractivity contribution in [3.63, 3.8) is 0 Å². The predicted molar refractivity (Wildman–Crippen MR) is 94.0 cm³/mol. The highest BCUT2D eigenvalue weighted by atomic mass is 16.5. The maximum absolute atomic E-state index is 12.1. The van der Waals surface area contributed by atoms with Crippen LogP contribution in [0.25, 0.3) is 0 Å². The Labute approximate surface area is 139 Å². The number of ether oxygens (including phenoxy) is 1. The van der Waals surface area contributed by atoms with E-state index in [0.717, 1.165) is 43.1 Å². The van der Waals surface area contributed by atoms with Crippen LogP contribution in [0.5, 0.6) is 0 Å². The molecule has 2 N–H and O–H groups in total. The van der Waals surface area contributed by atoms with E-state index in [0.29, 0.717) is 12.5 Å². The van der Waals surface area contributed by atoms with E-state index in [2.05, 4.69) is 29.4 Å². The Balaban J connectivity index is 1.78. The van der Waals surface area contributed by atoms with Gasteiger partial charge in [-0.3, -0.25) is 4.90 Å². The van der Waals surface area contributed by atoms with Crippen LogP contribution in [0.3, 0.4) is 0 Å². The molecule has 1 fully saturated rings. The number of carbonyl (C=O) groups excluding carboxylic acids is 1. The van der Waals surface area contributed by atoms with Gasteiger partial charge in [0, 0.05) is 31.9 Å². The third kappa shape index (κ3) is 5.84. The van der Waals surface area contributed by atoms with Crippen molar-refractivity contribution in [1.29, 1.82) is 0 Å². The largest absolute Gasteiger partial charge is 0.374 e. The molecule has 1 atom stereocenters. The average molecular weight is 319 g/mol. The highest BCUT2D eigenvalue weighted by molar-refractivity contribution is 5.90. The minimum Gasteiger partial charge on any atom is -0.374 e. The summed E-state index contributed by atoms with van der Waals surface area (Å²) in [5, 5.41) is 5.83. The average Bonchev–Trinajstić information content (AvgIpc) is 2.49. The molecule has 0 saturated carbocycles. The normalized spacial score (nSPS) is 18.9. The summed E-state index contributed by atoms with van der Waals surface area (Å²) in [5.74, 6) is 0.648. The van der Waals surface area contributed by atoms with Gasteiger partial charge < -0.3 is 15.4 Å². The van der Waals surface area contributed by atoms with E-state index in [1.54, 1.807) is 0 Å². The number of urea groups is 1. The number of aryl methyl sites for hydroxylation is 2. The van der Waals surface area contributed by atoms with E-state index in [1.165, 1.54) is 0 Å². The van der Waals surface area contributed by atoms with E-state index in [-0.39, 0.29) is 12.1 Å². The molecule has 2 rings (SSSR count). The van der Waals surface area contributed by atoms with Crippen molar-refractivity contribution < 1.29 is 9.53 Å².